The van der Waals surface area contributed by atoms with Crippen LogP contribution in [0.4, 0.5) is 0 Å². The summed E-state index contributed by atoms with van der Waals surface area (Å²) in [5, 5.41) is 5.96. The summed E-state index contributed by atoms with van der Waals surface area (Å²) in [6.07, 6.45) is 8.20. The first-order valence-electron chi connectivity index (χ1n) is 17.3. The van der Waals surface area contributed by atoms with Crippen LogP contribution in [-0.2, 0) is 0 Å². The van der Waals surface area contributed by atoms with Crippen molar-refractivity contribution in [2.45, 2.75) is 19.3 Å². The number of terminal acetylenes is 1. The second-order valence-electron chi connectivity index (χ2n) is 13.1. The van der Waals surface area contributed by atoms with E-state index in [1.807, 2.05) is 79.7 Å². The van der Waals surface area contributed by atoms with Crippen LogP contribution in [0.25, 0.3) is 56.0 Å². The smallest absolute Gasteiger partial charge is 0.251 e. The molecule has 260 valence electrons. The van der Waals surface area contributed by atoms with Gasteiger partial charge in [0.2, 0.25) is 0 Å². The van der Waals surface area contributed by atoms with E-state index in [1.54, 1.807) is 0 Å². The van der Waals surface area contributed by atoms with Crippen LogP contribution in [0.1, 0.15) is 40.0 Å². The zero-order chi connectivity index (χ0) is 35.7. The van der Waals surface area contributed by atoms with E-state index in [0.717, 1.165) is 94.9 Å². The van der Waals surface area contributed by atoms with Crippen LogP contribution >= 0.6 is 0 Å². The van der Waals surface area contributed by atoms with Gasteiger partial charge in [-0.2, -0.15) is 0 Å². The fourth-order valence-electron chi connectivity index (χ4n) is 5.88. The zero-order valence-corrected chi connectivity index (χ0v) is 29.4. The van der Waals surface area contributed by atoms with Crippen LogP contribution in [0.2, 0.25) is 0 Å². The number of benzene rings is 4. The van der Waals surface area contributed by atoms with Gasteiger partial charge in [-0.3, -0.25) is 9.59 Å². The summed E-state index contributed by atoms with van der Waals surface area (Å²) in [6, 6.07) is 27.3. The molecule has 0 unspecified atom stereocenters. The van der Waals surface area contributed by atoms with Crippen molar-refractivity contribution in [3.8, 4) is 46.2 Å². The minimum absolute atomic E-state index is 0.0880. The maximum absolute atomic E-state index is 12.7. The number of likely N-dealkylation sites (N-methyl/N-ethyl adjacent to an activating group) is 2. The molecule has 0 aliphatic heterocycles. The molecule has 0 aliphatic rings. The average molecular weight is 681 g/mol. The molecule has 0 spiro atoms. The van der Waals surface area contributed by atoms with E-state index >= 15 is 0 Å². The predicted molar refractivity (Wildman–Crippen MR) is 205 cm³/mol. The number of nitrogens with one attached hydrogen (secondary N) is 4. The zero-order valence-electron chi connectivity index (χ0n) is 29.4. The van der Waals surface area contributed by atoms with Crippen molar-refractivity contribution in [1.82, 2.24) is 40.4 Å². The quantitative estimate of drug-likeness (QED) is 0.0758. The Balaban J connectivity index is 1.09. The monoisotopic (exact) mass is 680 g/mol. The first-order chi connectivity index (χ1) is 24.8. The van der Waals surface area contributed by atoms with Gasteiger partial charge in [-0.1, -0.05) is 36.4 Å². The minimum atomic E-state index is -0.0915. The lowest BCUT2D eigenvalue weighted by molar-refractivity contribution is 0.0942. The molecule has 10 nitrogen and oxygen atoms in total. The average Bonchev–Trinajstić information content (AvgIpc) is 3.77. The molecule has 10 heteroatoms. The van der Waals surface area contributed by atoms with Crippen LogP contribution in [-0.4, -0.2) is 95.4 Å². The SMILES string of the molecule is C#CCCCCN(C)CCNC(=O)c1ccc(-c2nc3cc(-c4ccc5[nH]c(-c6ccc(C(=O)NCCN(C)C)cc6)nc5c4)ccc3[nH]2)cc1. The molecular formula is C41H44N8O2. The number of aromatic nitrogens is 4. The summed E-state index contributed by atoms with van der Waals surface area (Å²) in [5.74, 6) is 3.98. The Morgan fingerprint density at radius 3 is 1.59 bits per heavy atom. The molecule has 0 bridgehead atoms. The molecule has 2 heterocycles. The predicted octanol–water partition coefficient (Wildman–Crippen LogP) is 6.20. The number of carbonyl (C=O) groups excluding carboxylic acids is 2. The highest BCUT2D eigenvalue weighted by Crippen LogP contribution is 2.29. The Bertz CT molecular complexity index is 2160. The van der Waals surface area contributed by atoms with Crippen molar-refractivity contribution in [2.24, 2.45) is 0 Å². The number of hydrogen-bond acceptors (Lipinski definition) is 6. The second kappa shape index (κ2) is 16.3. The van der Waals surface area contributed by atoms with E-state index in [4.69, 9.17) is 16.4 Å². The summed E-state index contributed by atoms with van der Waals surface area (Å²) in [4.78, 5) is 46.0. The lowest BCUT2D eigenvalue weighted by Gasteiger charge is -2.16. The molecule has 51 heavy (non-hydrogen) atoms. The summed E-state index contributed by atoms with van der Waals surface area (Å²) < 4.78 is 0. The van der Waals surface area contributed by atoms with E-state index in [9.17, 15) is 9.59 Å². The molecule has 6 rings (SSSR count). The van der Waals surface area contributed by atoms with E-state index < -0.39 is 0 Å². The largest absolute Gasteiger partial charge is 0.351 e. The molecule has 4 aromatic carbocycles. The van der Waals surface area contributed by atoms with Crippen molar-refractivity contribution >= 4 is 33.9 Å². The highest BCUT2D eigenvalue weighted by molar-refractivity contribution is 5.95. The third-order valence-corrected chi connectivity index (χ3v) is 8.88. The van der Waals surface area contributed by atoms with Crippen LogP contribution in [0, 0.1) is 12.3 Å². The molecule has 0 aliphatic carbocycles. The van der Waals surface area contributed by atoms with Gasteiger partial charge < -0.3 is 30.4 Å². The third kappa shape index (κ3) is 8.89. The summed E-state index contributed by atoms with van der Waals surface area (Å²) in [5.41, 5.74) is 8.65. The minimum Gasteiger partial charge on any atom is -0.351 e. The molecule has 0 fully saturated rings. The van der Waals surface area contributed by atoms with Crippen LogP contribution in [0.15, 0.2) is 84.9 Å². The van der Waals surface area contributed by atoms with Gasteiger partial charge in [0.05, 0.1) is 22.1 Å². The van der Waals surface area contributed by atoms with Crippen LogP contribution in [0.5, 0.6) is 0 Å². The van der Waals surface area contributed by atoms with E-state index in [2.05, 4.69) is 62.7 Å². The highest BCUT2D eigenvalue weighted by Gasteiger charge is 2.13. The van der Waals surface area contributed by atoms with Gasteiger partial charge in [0.15, 0.2) is 0 Å². The van der Waals surface area contributed by atoms with Gasteiger partial charge in [0.25, 0.3) is 11.8 Å². The van der Waals surface area contributed by atoms with Crippen LogP contribution < -0.4 is 10.6 Å². The van der Waals surface area contributed by atoms with Crippen molar-refractivity contribution in [3.05, 3.63) is 96.1 Å². The maximum atomic E-state index is 12.7. The van der Waals surface area contributed by atoms with Gasteiger partial charge in [0.1, 0.15) is 11.6 Å². The lowest BCUT2D eigenvalue weighted by Crippen LogP contribution is -2.33. The second-order valence-corrected chi connectivity index (χ2v) is 13.1. The highest BCUT2D eigenvalue weighted by atomic mass is 16.2. The molecule has 0 radical (unpaired) electrons. The number of unbranched alkanes of at least 4 members (excludes halogenated alkanes) is 2. The molecule has 0 atom stereocenters. The Morgan fingerprint density at radius 2 is 1.12 bits per heavy atom. The Morgan fingerprint density at radius 1 is 0.647 bits per heavy atom. The molecule has 0 saturated heterocycles. The van der Waals surface area contributed by atoms with Crippen molar-refractivity contribution < 1.29 is 9.59 Å². The fraction of sp³-hybridized carbons (Fsp3) is 0.268. The number of aromatic amines is 2. The van der Waals surface area contributed by atoms with E-state index in [-0.39, 0.29) is 11.8 Å². The summed E-state index contributed by atoms with van der Waals surface area (Å²) >= 11 is 0. The number of imidazole rings is 2. The maximum Gasteiger partial charge on any atom is 0.251 e. The number of hydrogen-bond donors (Lipinski definition) is 4. The molecule has 6 aromatic rings. The summed E-state index contributed by atoms with van der Waals surface area (Å²) in [7, 11) is 6.01. The van der Waals surface area contributed by atoms with Crippen LogP contribution in [0.3, 0.4) is 0 Å². The van der Waals surface area contributed by atoms with E-state index in [1.165, 1.54) is 0 Å². The van der Waals surface area contributed by atoms with Gasteiger partial charge in [-0.25, -0.2) is 9.97 Å². The summed E-state index contributed by atoms with van der Waals surface area (Å²) in [6.45, 7) is 3.71. The molecular weight excluding hydrogens is 637 g/mol. The third-order valence-electron chi connectivity index (χ3n) is 8.88. The number of fused-ring (bicyclic) bond motifs is 2. The lowest BCUT2D eigenvalue weighted by atomic mass is 10.0. The molecule has 4 N–H and O–H groups in total. The van der Waals surface area contributed by atoms with E-state index in [0.29, 0.717) is 24.2 Å². The Kier molecular flexibility index (Phi) is 11.2. The Hall–Kier alpha value is -5.76. The number of nitrogens with zero attached hydrogens (tertiary/aromatic N) is 4. The standard InChI is InChI=1S/C41H44N8O2/c1-5-6-7-8-23-49(4)25-22-43-41(51)31-15-11-29(12-16-31)39-45-35-20-18-33(27-37(35)47-39)32-17-19-34-36(26-32)46-38(44-34)28-9-13-30(14-10-28)40(50)42-21-24-48(2)3/h1,9-20,26-27H,6-8,21-25H2,2-4H3,(H,42,50)(H,43,51)(H,44,46)(H,45,47). The number of rotatable bonds is 15. The van der Waals surface area contributed by atoms with Gasteiger partial charge in [-0.15, -0.1) is 12.3 Å². The van der Waals surface area contributed by atoms with Gasteiger partial charge >= 0.3 is 0 Å². The number of H-pyrrole nitrogens is 2. The number of amides is 2. The molecule has 2 aromatic heterocycles. The normalized spacial score (nSPS) is 11.4. The Labute approximate surface area is 298 Å². The molecule has 0 saturated carbocycles. The molecule has 2 amide bonds. The first kappa shape index (κ1) is 35.1. The van der Waals surface area contributed by atoms with Crippen molar-refractivity contribution in [3.63, 3.8) is 0 Å². The number of carbonyl (C=O) groups is 2. The van der Waals surface area contributed by atoms with Gasteiger partial charge in [-0.05, 0) is 100 Å². The first-order valence-corrected chi connectivity index (χ1v) is 17.3. The fourth-order valence-corrected chi connectivity index (χ4v) is 5.88. The van der Waals surface area contributed by atoms with Gasteiger partial charge in [0, 0.05) is 54.9 Å². The van der Waals surface area contributed by atoms with Crippen molar-refractivity contribution in [2.75, 3.05) is 53.9 Å². The van der Waals surface area contributed by atoms with Crippen molar-refractivity contribution in [1.29, 1.82) is 0 Å². The topological polar surface area (TPSA) is 122 Å².